The van der Waals surface area contributed by atoms with E-state index in [9.17, 15) is 0 Å². The third kappa shape index (κ3) is 9.17. The standard InChI is InChI=1S/C20H28O/c1-3-5-11-14-18-17-19(18)15-12-9-7-6-8-10-13-16-20(21)4-2/h1-2,13,16-17,19-21H,5-12,14-15H2/b16-13+. The molecule has 114 valence electrons. The molecule has 21 heavy (non-hydrogen) atoms. The minimum Gasteiger partial charge on any atom is -0.377 e. The van der Waals surface area contributed by atoms with Gasteiger partial charge in [0.2, 0.25) is 0 Å². The maximum atomic E-state index is 9.14. The lowest BCUT2D eigenvalue weighted by Crippen LogP contribution is -1.95. The summed E-state index contributed by atoms with van der Waals surface area (Å²) in [6, 6.07) is 0. The van der Waals surface area contributed by atoms with Crippen LogP contribution < -0.4 is 0 Å². The Morgan fingerprint density at radius 2 is 1.90 bits per heavy atom. The third-order valence-electron chi connectivity index (χ3n) is 3.94. The van der Waals surface area contributed by atoms with Gasteiger partial charge >= 0.3 is 0 Å². The van der Waals surface area contributed by atoms with Crippen LogP contribution in [0.25, 0.3) is 0 Å². The fourth-order valence-electron chi connectivity index (χ4n) is 2.58. The average Bonchev–Trinajstić information content (AvgIpc) is 3.24. The van der Waals surface area contributed by atoms with E-state index in [0.29, 0.717) is 0 Å². The molecule has 0 saturated heterocycles. The highest BCUT2D eigenvalue weighted by Gasteiger charge is 2.22. The van der Waals surface area contributed by atoms with Crippen molar-refractivity contribution in [3.63, 3.8) is 0 Å². The van der Waals surface area contributed by atoms with Crippen molar-refractivity contribution >= 4 is 0 Å². The van der Waals surface area contributed by atoms with Crippen molar-refractivity contribution in [1.82, 2.24) is 0 Å². The number of hydrogen-bond acceptors (Lipinski definition) is 1. The van der Waals surface area contributed by atoms with Gasteiger partial charge in [0.15, 0.2) is 0 Å². The van der Waals surface area contributed by atoms with Gasteiger partial charge in [-0.1, -0.05) is 49.3 Å². The lowest BCUT2D eigenvalue weighted by Gasteiger charge is -2.02. The molecule has 0 aromatic rings. The van der Waals surface area contributed by atoms with Crippen molar-refractivity contribution < 1.29 is 5.11 Å². The van der Waals surface area contributed by atoms with Crippen molar-refractivity contribution in [1.29, 1.82) is 0 Å². The van der Waals surface area contributed by atoms with E-state index in [2.05, 4.69) is 17.9 Å². The quantitative estimate of drug-likeness (QED) is 0.315. The summed E-state index contributed by atoms with van der Waals surface area (Å²) in [5.41, 5.74) is 1.64. The van der Waals surface area contributed by atoms with Crippen molar-refractivity contribution in [3.05, 3.63) is 23.8 Å². The molecule has 0 aliphatic heterocycles. The minimum absolute atomic E-state index is 0.717. The largest absolute Gasteiger partial charge is 0.377 e. The predicted molar refractivity (Wildman–Crippen MR) is 90.6 cm³/mol. The molecule has 0 aromatic carbocycles. The monoisotopic (exact) mass is 284 g/mol. The van der Waals surface area contributed by atoms with Crippen molar-refractivity contribution in [2.45, 2.75) is 70.3 Å². The van der Waals surface area contributed by atoms with E-state index in [-0.39, 0.29) is 0 Å². The van der Waals surface area contributed by atoms with Gasteiger partial charge in [-0.3, -0.25) is 0 Å². The van der Waals surface area contributed by atoms with Gasteiger partial charge < -0.3 is 5.11 Å². The summed E-state index contributed by atoms with van der Waals surface area (Å²) in [5.74, 6) is 5.78. The zero-order valence-electron chi connectivity index (χ0n) is 13.1. The fourth-order valence-corrected chi connectivity index (χ4v) is 2.58. The smallest absolute Gasteiger partial charge is 0.133 e. The molecule has 0 fully saturated rings. The maximum absolute atomic E-state index is 9.14. The van der Waals surface area contributed by atoms with Crippen LogP contribution in [0.1, 0.15) is 64.2 Å². The summed E-state index contributed by atoms with van der Waals surface area (Å²) in [6.45, 7) is 0. The molecule has 2 unspecified atom stereocenters. The first-order valence-electron chi connectivity index (χ1n) is 8.23. The number of unbranched alkanes of at least 4 members (excludes halogenated alkanes) is 6. The van der Waals surface area contributed by atoms with E-state index >= 15 is 0 Å². The predicted octanol–water partition coefficient (Wildman–Crippen LogP) is 4.63. The number of rotatable bonds is 12. The minimum atomic E-state index is -0.717. The van der Waals surface area contributed by atoms with Crippen LogP contribution in [0, 0.1) is 30.6 Å². The lowest BCUT2D eigenvalue weighted by atomic mass is 10.0. The van der Waals surface area contributed by atoms with Crippen LogP contribution in [-0.2, 0) is 0 Å². The molecule has 0 radical (unpaired) electrons. The molecule has 0 spiro atoms. The van der Waals surface area contributed by atoms with Crippen LogP contribution in [0.5, 0.6) is 0 Å². The molecule has 1 N–H and O–H groups in total. The van der Waals surface area contributed by atoms with Crippen LogP contribution >= 0.6 is 0 Å². The highest BCUT2D eigenvalue weighted by atomic mass is 16.3. The van der Waals surface area contributed by atoms with Crippen molar-refractivity contribution in [2.24, 2.45) is 5.92 Å². The molecule has 0 amide bonds. The topological polar surface area (TPSA) is 20.2 Å². The van der Waals surface area contributed by atoms with Crippen LogP contribution in [0.15, 0.2) is 23.8 Å². The normalized spacial score (nSPS) is 18.0. The van der Waals surface area contributed by atoms with Gasteiger partial charge in [0, 0.05) is 6.42 Å². The number of terminal acetylenes is 2. The summed E-state index contributed by atoms with van der Waals surface area (Å²) in [5, 5.41) is 9.14. The maximum Gasteiger partial charge on any atom is 0.133 e. The SMILES string of the molecule is C#CCCCC1=CC1CCCCCCC/C=C/C(O)C#C. The molecule has 2 atom stereocenters. The van der Waals surface area contributed by atoms with Crippen LogP contribution in [0.4, 0.5) is 0 Å². The Morgan fingerprint density at radius 1 is 1.14 bits per heavy atom. The molecule has 0 aromatic heterocycles. The van der Waals surface area contributed by atoms with Gasteiger partial charge in [-0.2, -0.15) is 0 Å². The number of hydrogen-bond donors (Lipinski definition) is 1. The molecule has 0 bridgehead atoms. The first-order valence-corrected chi connectivity index (χ1v) is 8.23. The summed E-state index contributed by atoms with van der Waals surface area (Å²) < 4.78 is 0. The molecule has 0 saturated carbocycles. The second-order valence-corrected chi connectivity index (χ2v) is 5.79. The Kier molecular flexibility index (Phi) is 9.43. The van der Waals surface area contributed by atoms with E-state index in [1.54, 1.807) is 11.6 Å². The second-order valence-electron chi connectivity index (χ2n) is 5.79. The molecule has 1 heteroatoms. The van der Waals surface area contributed by atoms with Crippen molar-refractivity contribution in [2.75, 3.05) is 0 Å². The number of allylic oxidation sites excluding steroid dienone is 3. The van der Waals surface area contributed by atoms with Crippen LogP contribution in [-0.4, -0.2) is 11.2 Å². The van der Waals surface area contributed by atoms with E-state index in [4.69, 9.17) is 18.0 Å². The summed E-state index contributed by atoms with van der Waals surface area (Å²) in [6.07, 6.45) is 27.8. The van der Waals surface area contributed by atoms with Gasteiger partial charge in [0.25, 0.3) is 0 Å². The zero-order chi connectivity index (χ0) is 15.3. The molecule has 1 aliphatic rings. The molecule has 1 aliphatic carbocycles. The Labute approximate surface area is 130 Å². The number of aliphatic hydroxyl groups excluding tert-OH is 1. The molecule has 1 nitrogen and oxygen atoms in total. The highest BCUT2D eigenvalue weighted by Crippen LogP contribution is 2.37. The van der Waals surface area contributed by atoms with Crippen LogP contribution in [0.3, 0.4) is 0 Å². The average molecular weight is 284 g/mol. The van der Waals surface area contributed by atoms with Gasteiger partial charge in [-0.05, 0) is 44.1 Å². The first kappa shape index (κ1) is 17.6. The Morgan fingerprint density at radius 3 is 2.67 bits per heavy atom. The molecule has 1 rings (SSSR count). The van der Waals surface area contributed by atoms with Gasteiger partial charge in [0.05, 0.1) is 0 Å². The third-order valence-corrected chi connectivity index (χ3v) is 3.94. The molecular weight excluding hydrogens is 256 g/mol. The highest BCUT2D eigenvalue weighted by molar-refractivity contribution is 5.28. The molecule has 0 heterocycles. The van der Waals surface area contributed by atoms with Gasteiger partial charge in [0.1, 0.15) is 6.10 Å². The Bertz CT molecular complexity index is 416. The first-order chi connectivity index (χ1) is 10.3. The zero-order valence-corrected chi connectivity index (χ0v) is 13.1. The van der Waals surface area contributed by atoms with Crippen LogP contribution in [0.2, 0.25) is 0 Å². The van der Waals surface area contributed by atoms with E-state index in [0.717, 1.165) is 25.2 Å². The summed E-state index contributed by atoms with van der Waals surface area (Å²) in [7, 11) is 0. The fraction of sp³-hybridized carbons (Fsp3) is 0.600. The Hall–Kier alpha value is -1.44. The van der Waals surface area contributed by atoms with Crippen molar-refractivity contribution in [3.8, 4) is 24.7 Å². The van der Waals surface area contributed by atoms with Gasteiger partial charge in [-0.15, -0.1) is 18.8 Å². The number of aliphatic hydroxyl groups is 1. The molecular formula is C20H28O. The second kappa shape index (κ2) is 11.2. The van der Waals surface area contributed by atoms with E-state index < -0.39 is 6.10 Å². The summed E-state index contributed by atoms with van der Waals surface area (Å²) >= 11 is 0. The van der Waals surface area contributed by atoms with E-state index in [1.165, 1.54) is 44.9 Å². The van der Waals surface area contributed by atoms with Gasteiger partial charge in [-0.25, -0.2) is 0 Å². The Balaban J connectivity index is 1.81. The lowest BCUT2D eigenvalue weighted by molar-refractivity contribution is 0.280. The summed E-state index contributed by atoms with van der Waals surface area (Å²) in [4.78, 5) is 0. The van der Waals surface area contributed by atoms with E-state index in [1.807, 2.05) is 6.08 Å².